The molecule has 0 atom stereocenters. The first-order valence-electron chi connectivity index (χ1n) is 4.61. The van der Waals surface area contributed by atoms with E-state index < -0.39 is 0 Å². The van der Waals surface area contributed by atoms with Gasteiger partial charge in [-0.1, -0.05) is 31.4 Å². The van der Waals surface area contributed by atoms with Gasteiger partial charge in [0.15, 0.2) is 0 Å². The summed E-state index contributed by atoms with van der Waals surface area (Å²) in [5, 5.41) is 0.712. The lowest BCUT2D eigenvalue weighted by Crippen LogP contribution is -1.92. The Morgan fingerprint density at radius 2 is 1.79 bits per heavy atom. The smallest absolute Gasteiger partial charge is 0.149 e. The van der Waals surface area contributed by atoms with Gasteiger partial charge in [0, 0.05) is 5.02 Å². The van der Waals surface area contributed by atoms with Crippen LogP contribution in [-0.2, 0) is 0 Å². The molecule has 0 saturated heterocycles. The molecular weight excluding hydrogens is 196 g/mol. The van der Waals surface area contributed by atoms with E-state index in [1.165, 1.54) is 0 Å². The van der Waals surface area contributed by atoms with Crippen LogP contribution in [-0.4, -0.2) is 6.61 Å². The van der Waals surface area contributed by atoms with Gasteiger partial charge in [-0.3, -0.25) is 0 Å². The lowest BCUT2D eigenvalue weighted by Gasteiger charge is -2.00. The molecule has 0 fully saturated rings. The molecule has 0 spiro atoms. The minimum absolute atomic E-state index is 0.429. The molecule has 0 N–H and O–H groups in total. The van der Waals surface area contributed by atoms with Gasteiger partial charge in [0.2, 0.25) is 0 Å². The van der Waals surface area contributed by atoms with Crippen molar-refractivity contribution in [3.63, 3.8) is 0 Å². The van der Waals surface area contributed by atoms with Crippen LogP contribution in [0, 0.1) is 11.8 Å². The van der Waals surface area contributed by atoms with Gasteiger partial charge < -0.3 is 4.74 Å². The maximum atomic E-state index is 5.69. The largest absolute Gasteiger partial charge is 0.481 e. The molecule has 1 aromatic carbocycles. The molecule has 76 valence electrons. The highest BCUT2D eigenvalue weighted by molar-refractivity contribution is 6.30. The molecule has 0 aromatic heterocycles. The Balaban J connectivity index is 0.000000791. The molecule has 0 heterocycles. The van der Waals surface area contributed by atoms with Crippen molar-refractivity contribution in [3.05, 3.63) is 29.3 Å². The molecule has 14 heavy (non-hydrogen) atoms. The summed E-state index contributed by atoms with van der Waals surface area (Å²) in [6.45, 7) is 6.21. The van der Waals surface area contributed by atoms with Crippen LogP contribution in [0.25, 0.3) is 0 Å². The molecular formula is C12H15ClO. The fourth-order valence-corrected chi connectivity index (χ4v) is 0.848. The van der Waals surface area contributed by atoms with E-state index in [4.69, 9.17) is 16.3 Å². The summed E-state index contributed by atoms with van der Waals surface area (Å²) >= 11 is 5.69. The van der Waals surface area contributed by atoms with Crippen LogP contribution < -0.4 is 4.74 Å². The molecule has 0 amide bonds. The molecule has 0 radical (unpaired) electrons. The Labute approximate surface area is 91.0 Å². The molecule has 2 heteroatoms. The van der Waals surface area contributed by atoms with Gasteiger partial charge in [-0.05, 0) is 31.2 Å². The second-order valence-corrected chi connectivity index (χ2v) is 2.61. The fourth-order valence-electron chi connectivity index (χ4n) is 0.722. The second-order valence-electron chi connectivity index (χ2n) is 2.17. The van der Waals surface area contributed by atoms with E-state index in [0.29, 0.717) is 11.6 Å². The maximum Gasteiger partial charge on any atom is 0.149 e. The Bertz CT molecular complexity index is 292. The van der Waals surface area contributed by atoms with Crippen molar-refractivity contribution in [2.45, 2.75) is 20.8 Å². The minimum atomic E-state index is 0.429. The van der Waals surface area contributed by atoms with Gasteiger partial charge in [0.25, 0.3) is 0 Å². The average molecular weight is 211 g/mol. The number of hydrogen-bond donors (Lipinski definition) is 0. The third-order valence-corrected chi connectivity index (χ3v) is 1.55. The van der Waals surface area contributed by atoms with E-state index in [0.717, 1.165) is 5.75 Å². The van der Waals surface area contributed by atoms with Crippen molar-refractivity contribution in [1.82, 2.24) is 0 Å². The number of hydrogen-bond acceptors (Lipinski definition) is 1. The summed E-state index contributed by atoms with van der Waals surface area (Å²) < 4.78 is 5.27. The van der Waals surface area contributed by atoms with E-state index in [9.17, 15) is 0 Å². The van der Waals surface area contributed by atoms with Crippen LogP contribution >= 0.6 is 11.6 Å². The summed E-state index contributed by atoms with van der Waals surface area (Å²) in [6, 6.07) is 7.21. The third kappa shape index (κ3) is 5.50. The van der Waals surface area contributed by atoms with Crippen LogP contribution in [0.5, 0.6) is 5.75 Å². The topological polar surface area (TPSA) is 9.23 Å². The predicted octanol–water partition coefficient (Wildman–Crippen LogP) is 3.77. The second kappa shape index (κ2) is 8.47. The summed E-state index contributed by atoms with van der Waals surface area (Å²) in [5.41, 5.74) is 0. The van der Waals surface area contributed by atoms with E-state index in [1.54, 1.807) is 19.1 Å². The molecule has 0 bridgehead atoms. The van der Waals surface area contributed by atoms with Crippen LogP contribution in [0.15, 0.2) is 24.3 Å². The van der Waals surface area contributed by atoms with Crippen molar-refractivity contribution in [1.29, 1.82) is 0 Å². The zero-order valence-corrected chi connectivity index (χ0v) is 9.56. The predicted molar refractivity (Wildman–Crippen MR) is 61.7 cm³/mol. The van der Waals surface area contributed by atoms with Crippen molar-refractivity contribution in [2.75, 3.05) is 6.61 Å². The number of halogens is 1. The Hall–Kier alpha value is -1.13. The van der Waals surface area contributed by atoms with Crippen LogP contribution in [0.4, 0.5) is 0 Å². The molecule has 0 unspecified atom stereocenters. The van der Waals surface area contributed by atoms with Gasteiger partial charge in [0.05, 0.1) is 0 Å². The molecule has 1 rings (SSSR count). The molecule has 1 nitrogen and oxygen atoms in total. The van der Waals surface area contributed by atoms with Crippen molar-refractivity contribution < 1.29 is 4.74 Å². The van der Waals surface area contributed by atoms with Crippen LogP contribution in [0.1, 0.15) is 20.8 Å². The highest BCUT2D eigenvalue weighted by Crippen LogP contribution is 2.14. The normalized spacial score (nSPS) is 7.71. The van der Waals surface area contributed by atoms with Crippen molar-refractivity contribution in [2.24, 2.45) is 0 Å². The number of benzene rings is 1. The molecule has 0 aliphatic rings. The van der Waals surface area contributed by atoms with E-state index >= 15 is 0 Å². The van der Waals surface area contributed by atoms with Gasteiger partial charge in [-0.25, -0.2) is 0 Å². The van der Waals surface area contributed by atoms with Crippen molar-refractivity contribution >= 4 is 11.6 Å². The Kier molecular flexibility index (Phi) is 7.78. The lowest BCUT2D eigenvalue weighted by molar-refractivity contribution is 0.370. The molecule has 0 aliphatic heterocycles. The number of ether oxygens (including phenoxy) is 1. The summed E-state index contributed by atoms with van der Waals surface area (Å²) in [4.78, 5) is 0. The summed E-state index contributed by atoms with van der Waals surface area (Å²) in [7, 11) is 0. The zero-order chi connectivity index (χ0) is 10.8. The SMILES string of the molecule is CC.CC#CCOc1ccc(Cl)cc1. The summed E-state index contributed by atoms with van der Waals surface area (Å²) in [6.07, 6.45) is 0. The van der Waals surface area contributed by atoms with Gasteiger partial charge in [0.1, 0.15) is 12.4 Å². The van der Waals surface area contributed by atoms with E-state index in [2.05, 4.69) is 11.8 Å². The maximum absolute atomic E-state index is 5.69. The molecule has 0 aliphatic carbocycles. The molecule has 0 saturated carbocycles. The van der Waals surface area contributed by atoms with Crippen LogP contribution in [0.2, 0.25) is 5.02 Å². The fraction of sp³-hybridized carbons (Fsp3) is 0.333. The number of rotatable bonds is 2. The summed E-state index contributed by atoms with van der Waals surface area (Å²) in [5.74, 6) is 6.35. The van der Waals surface area contributed by atoms with Gasteiger partial charge >= 0.3 is 0 Å². The zero-order valence-electron chi connectivity index (χ0n) is 8.80. The van der Waals surface area contributed by atoms with E-state index in [-0.39, 0.29) is 0 Å². The molecule has 1 aromatic rings. The Morgan fingerprint density at radius 1 is 1.21 bits per heavy atom. The first-order chi connectivity index (χ1) is 6.83. The monoisotopic (exact) mass is 210 g/mol. The first-order valence-corrected chi connectivity index (χ1v) is 4.98. The quantitative estimate of drug-likeness (QED) is 0.676. The van der Waals surface area contributed by atoms with E-state index in [1.807, 2.05) is 26.0 Å². The van der Waals surface area contributed by atoms with Gasteiger partial charge in [-0.15, -0.1) is 5.92 Å². The first kappa shape index (κ1) is 12.9. The standard InChI is InChI=1S/C10H9ClO.C2H6/c1-2-3-8-12-10-6-4-9(11)5-7-10;1-2/h4-7H,8H2,1H3;1-2H3. The highest BCUT2D eigenvalue weighted by Gasteiger charge is 1.90. The van der Waals surface area contributed by atoms with Crippen LogP contribution in [0.3, 0.4) is 0 Å². The lowest BCUT2D eigenvalue weighted by atomic mass is 10.3. The third-order valence-electron chi connectivity index (χ3n) is 1.30. The van der Waals surface area contributed by atoms with Crippen molar-refractivity contribution in [3.8, 4) is 17.6 Å². The Morgan fingerprint density at radius 3 is 2.29 bits per heavy atom. The average Bonchev–Trinajstić information content (AvgIpc) is 2.24. The highest BCUT2D eigenvalue weighted by atomic mass is 35.5. The van der Waals surface area contributed by atoms with Gasteiger partial charge in [-0.2, -0.15) is 0 Å². The minimum Gasteiger partial charge on any atom is -0.481 e.